The molecule has 8 nitrogen and oxygen atoms in total. The normalized spacial score (nSPS) is 14.5. The second kappa shape index (κ2) is 12.4. The number of imidazole rings is 2. The molecule has 1 N–H and O–H groups in total. The monoisotopic (exact) mass is 821 g/mol. The molecule has 0 saturated carbocycles. The van der Waals surface area contributed by atoms with Crippen LogP contribution in [0.3, 0.4) is 0 Å². The Morgan fingerprint density at radius 2 is 1.12 bits per heavy atom. The number of para-hydroxylation sites is 8. The highest BCUT2D eigenvalue weighted by Gasteiger charge is 2.43. The maximum atomic E-state index is 6.61. The summed E-state index contributed by atoms with van der Waals surface area (Å²) >= 11 is 0. The lowest BCUT2D eigenvalue weighted by molar-refractivity contribution is 0.669. The van der Waals surface area contributed by atoms with Crippen molar-refractivity contribution in [3.63, 3.8) is 0 Å². The third-order valence-corrected chi connectivity index (χ3v) is 13.5. The van der Waals surface area contributed by atoms with Gasteiger partial charge in [-0.05, 0) is 114 Å². The van der Waals surface area contributed by atoms with E-state index in [4.69, 9.17) is 9.40 Å². The number of aromatic nitrogens is 4. The van der Waals surface area contributed by atoms with Crippen LogP contribution in [0.4, 0.5) is 28.4 Å². The van der Waals surface area contributed by atoms with E-state index in [1.807, 2.05) is 6.07 Å². The van der Waals surface area contributed by atoms with Crippen LogP contribution in [0.15, 0.2) is 205 Å². The van der Waals surface area contributed by atoms with Gasteiger partial charge in [-0.3, -0.25) is 13.9 Å². The number of fused-ring (bicyclic) bond motifs is 16. The third kappa shape index (κ3) is 4.47. The zero-order valence-corrected chi connectivity index (χ0v) is 34.2. The van der Waals surface area contributed by atoms with Gasteiger partial charge < -0.3 is 19.2 Å². The summed E-state index contributed by atoms with van der Waals surface area (Å²) < 4.78 is 13.6. The van der Waals surface area contributed by atoms with Crippen LogP contribution < -0.4 is 15.1 Å². The van der Waals surface area contributed by atoms with Crippen molar-refractivity contribution >= 4 is 100 Å². The number of nitrogens with one attached hydrogen (secondary N) is 1. The van der Waals surface area contributed by atoms with Gasteiger partial charge in [-0.15, -0.1) is 0 Å². The molecule has 9 aromatic carbocycles. The Kier molecular flexibility index (Phi) is 6.58. The maximum Gasteiger partial charge on any atom is 0.220 e. The van der Waals surface area contributed by atoms with Gasteiger partial charge in [-0.1, -0.05) is 97.1 Å². The van der Waals surface area contributed by atoms with Crippen molar-refractivity contribution < 1.29 is 4.42 Å². The van der Waals surface area contributed by atoms with E-state index in [-0.39, 0.29) is 6.29 Å². The van der Waals surface area contributed by atoms with E-state index < -0.39 is 0 Å². The molecule has 1 atom stereocenters. The van der Waals surface area contributed by atoms with E-state index in [1.165, 1.54) is 21.8 Å². The molecule has 0 amide bonds. The molecule has 2 aliphatic rings. The summed E-state index contributed by atoms with van der Waals surface area (Å²) in [6.07, 6.45) is -0.147. The van der Waals surface area contributed by atoms with Crippen LogP contribution in [-0.4, -0.2) is 24.8 Å². The highest BCUT2D eigenvalue weighted by molar-refractivity contribution is 6.12. The molecule has 6 heterocycles. The zero-order chi connectivity index (χ0) is 41.6. The molecule has 15 rings (SSSR count). The molecule has 1 unspecified atom stereocenters. The summed E-state index contributed by atoms with van der Waals surface area (Å²) in [5.41, 5.74) is 18.4. The standard InChI is InChI=1S/C56H35N7O/c1-5-19-43-38(15-1)39-16-2-6-20-44(39)59(43)37-28-29-49-51(33-37)62-46-22-8-4-18-42(46)57-55(62)60(49)36-14-11-13-34(31-36)35-27-30-52-40(32-35)54-50(25-12-26-53(54)64-52)63-48-24-10-9-23-47(48)61-45-21-7-3-17-41(45)58-56(61)63/h1-33,55,57H. The second-order valence-electron chi connectivity index (χ2n) is 16.9. The van der Waals surface area contributed by atoms with E-state index in [2.05, 4.69) is 223 Å². The van der Waals surface area contributed by atoms with Gasteiger partial charge >= 0.3 is 0 Å². The predicted octanol–water partition coefficient (Wildman–Crippen LogP) is 14.1. The molecule has 2 aliphatic heterocycles. The van der Waals surface area contributed by atoms with Gasteiger partial charge in [0.25, 0.3) is 0 Å². The Hall–Kier alpha value is -8.75. The topological polar surface area (TPSA) is 58.8 Å². The molecule has 13 aromatic rings. The van der Waals surface area contributed by atoms with E-state index in [0.717, 1.165) is 101 Å². The van der Waals surface area contributed by atoms with Crippen LogP contribution in [0.25, 0.3) is 94.1 Å². The lowest BCUT2D eigenvalue weighted by Gasteiger charge is -2.28. The molecule has 0 spiro atoms. The molecule has 0 aliphatic carbocycles. The van der Waals surface area contributed by atoms with Gasteiger partial charge in [0.15, 0.2) is 6.29 Å². The smallest absolute Gasteiger partial charge is 0.220 e. The first-order valence-electron chi connectivity index (χ1n) is 21.7. The molecule has 0 saturated heterocycles. The summed E-state index contributed by atoms with van der Waals surface area (Å²) in [7, 11) is 0. The number of rotatable bonds is 4. The van der Waals surface area contributed by atoms with Crippen LogP contribution in [0.5, 0.6) is 0 Å². The number of nitrogens with zero attached hydrogens (tertiary/aromatic N) is 6. The molecule has 0 fully saturated rings. The van der Waals surface area contributed by atoms with Gasteiger partial charge in [-0.2, -0.15) is 0 Å². The average molecular weight is 822 g/mol. The first-order valence-corrected chi connectivity index (χ1v) is 21.7. The van der Waals surface area contributed by atoms with Crippen molar-refractivity contribution in [3.8, 4) is 22.5 Å². The van der Waals surface area contributed by atoms with Crippen LogP contribution in [0, 0.1) is 0 Å². The van der Waals surface area contributed by atoms with Crippen LogP contribution in [0.1, 0.15) is 0 Å². The van der Waals surface area contributed by atoms with Crippen molar-refractivity contribution in [2.75, 3.05) is 15.1 Å². The molecular weight excluding hydrogens is 787 g/mol. The Morgan fingerprint density at radius 3 is 1.98 bits per heavy atom. The SMILES string of the molecule is c1cc(-c2ccc3oc4cccc(-n5c6ccccc6n6c7ccccc7nc56)c4c3c2)cc(N2c3ccc(-n4c5ccccc5c5ccccc54)cc3N3c4ccccc4NC23)c1. The van der Waals surface area contributed by atoms with Crippen LogP contribution in [-0.2, 0) is 0 Å². The highest BCUT2D eigenvalue weighted by Crippen LogP contribution is 2.54. The number of benzene rings is 9. The summed E-state index contributed by atoms with van der Waals surface area (Å²) in [6.45, 7) is 0. The fraction of sp³-hybridized carbons (Fsp3) is 0.0179. The number of hydrogen-bond acceptors (Lipinski definition) is 5. The minimum absolute atomic E-state index is 0.147. The van der Waals surface area contributed by atoms with Gasteiger partial charge in [0.1, 0.15) is 11.2 Å². The van der Waals surface area contributed by atoms with E-state index >= 15 is 0 Å². The average Bonchev–Trinajstić information content (AvgIpc) is 4.19. The minimum Gasteiger partial charge on any atom is -0.456 e. The quantitative estimate of drug-likeness (QED) is 0.192. The Balaban J connectivity index is 0.885. The first kappa shape index (κ1) is 33.9. The second-order valence-corrected chi connectivity index (χ2v) is 16.9. The molecular formula is C56H35N7O. The maximum absolute atomic E-state index is 6.61. The lowest BCUT2D eigenvalue weighted by atomic mass is 10.0. The van der Waals surface area contributed by atoms with Crippen LogP contribution in [0.2, 0.25) is 0 Å². The number of furan rings is 1. The fourth-order valence-corrected chi connectivity index (χ4v) is 10.8. The Morgan fingerprint density at radius 1 is 0.422 bits per heavy atom. The van der Waals surface area contributed by atoms with Gasteiger partial charge in [0, 0.05) is 27.5 Å². The molecule has 300 valence electrons. The summed E-state index contributed by atoms with van der Waals surface area (Å²) in [5, 5.41) is 8.50. The first-order chi connectivity index (χ1) is 31.7. The van der Waals surface area contributed by atoms with Gasteiger partial charge in [0.05, 0.1) is 66.9 Å². The van der Waals surface area contributed by atoms with Crippen molar-refractivity contribution in [3.05, 3.63) is 200 Å². The van der Waals surface area contributed by atoms with Crippen molar-refractivity contribution in [1.82, 2.24) is 18.5 Å². The number of hydrogen-bond donors (Lipinski definition) is 1. The molecule has 0 radical (unpaired) electrons. The highest BCUT2D eigenvalue weighted by atomic mass is 16.3. The van der Waals surface area contributed by atoms with Crippen LogP contribution >= 0.6 is 0 Å². The van der Waals surface area contributed by atoms with Gasteiger partial charge in [-0.25, -0.2) is 4.98 Å². The Labute approximate surface area is 365 Å². The van der Waals surface area contributed by atoms with Crippen molar-refractivity contribution in [2.45, 2.75) is 6.29 Å². The summed E-state index contributed by atoms with van der Waals surface area (Å²) in [6, 6.07) is 71.7. The third-order valence-electron chi connectivity index (χ3n) is 13.5. The lowest BCUT2D eigenvalue weighted by Crippen LogP contribution is -2.40. The number of anilines is 5. The molecule has 64 heavy (non-hydrogen) atoms. The van der Waals surface area contributed by atoms with Gasteiger partial charge in [0.2, 0.25) is 5.78 Å². The largest absolute Gasteiger partial charge is 0.456 e. The molecule has 4 aromatic heterocycles. The van der Waals surface area contributed by atoms with E-state index in [9.17, 15) is 0 Å². The summed E-state index contributed by atoms with van der Waals surface area (Å²) in [4.78, 5) is 10.1. The molecule has 0 bridgehead atoms. The van der Waals surface area contributed by atoms with E-state index in [0.29, 0.717) is 0 Å². The zero-order valence-electron chi connectivity index (χ0n) is 34.2. The Bertz CT molecular complexity index is 4060. The summed E-state index contributed by atoms with van der Waals surface area (Å²) in [5.74, 6) is 0.873. The minimum atomic E-state index is -0.147. The van der Waals surface area contributed by atoms with Crippen molar-refractivity contribution in [2.24, 2.45) is 0 Å². The van der Waals surface area contributed by atoms with Crippen molar-refractivity contribution in [1.29, 1.82) is 0 Å². The predicted molar refractivity (Wildman–Crippen MR) is 261 cm³/mol. The van der Waals surface area contributed by atoms with E-state index in [1.54, 1.807) is 0 Å². The fourth-order valence-electron chi connectivity index (χ4n) is 10.8. The molecule has 8 heteroatoms.